The van der Waals surface area contributed by atoms with Crippen molar-refractivity contribution in [3.8, 4) is 0 Å². The molecule has 0 fully saturated rings. The third-order valence-electron chi connectivity index (χ3n) is 5.78. The van der Waals surface area contributed by atoms with Gasteiger partial charge in [0.2, 0.25) is 11.8 Å². The summed E-state index contributed by atoms with van der Waals surface area (Å²) in [5, 5.41) is 3.44. The molecule has 0 radical (unpaired) electrons. The van der Waals surface area contributed by atoms with Gasteiger partial charge in [-0.05, 0) is 76.2 Å². The number of hydrogen-bond acceptors (Lipinski definition) is 4. The van der Waals surface area contributed by atoms with Gasteiger partial charge < -0.3 is 10.2 Å². The van der Waals surface area contributed by atoms with Crippen LogP contribution < -0.4 is 9.62 Å². The molecule has 3 aromatic rings. The quantitative estimate of drug-likeness (QED) is 0.347. The highest BCUT2D eigenvalue weighted by molar-refractivity contribution is 7.92. The minimum absolute atomic E-state index is 0.144. The maximum atomic E-state index is 13.9. The molecule has 3 rings (SSSR count). The van der Waals surface area contributed by atoms with E-state index in [1.165, 1.54) is 4.90 Å². The highest BCUT2D eigenvalue weighted by Crippen LogP contribution is 2.28. The summed E-state index contributed by atoms with van der Waals surface area (Å²) in [7, 11) is -4.30. The SMILES string of the molecule is C[C@H](C(=O)NC(C)(C)C)N(Cc1c(Cl)cccc1Cl)C(=O)CN(c1ccccc1)S(=O)(=O)c1ccc(F)cc1. The number of hydrogen-bond donors (Lipinski definition) is 1. The Labute approximate surface area is 238 Å². The second-order valence-corrected chi connectivity index (χ2v) is 12.6. The van der Waals surface area contributed by atoms with E-state index >= 15 is 0 Å². The van der Waals surface area contributed by atoms with Crippen molar-refractivity contribution in [3.63, 3.8) is 0 Å². The van der Waals surface area contributed by atoms with Crippen LogP contribution in [0.1, 0.15) is 33.3 Å². The zero-order valence-electron chi connectivity index (χ0n) is 22.0. The third kappa shape index (κ3) is 7.71. The van der Waals surface area contributed by atoms with E-state index in [1.807, 2.05) is 0 Å². The Balaban J connectivity index is 2.05. The second kappa shape index (κ2) is 12.4. The number of carbonyl (C=O) groups is 2. The number of carbonyl (C=O) groups excluding carboxylic acids is 2. The fraction of sp³-hybridized carbons (Fsp3) is 0.286. The Morgan fingerprint density at radius 2 is 1.49 bits per heavy atom. The summed E-state index contributed by atoms with van der Waals surface area (Å²) in [5.41, 5.74) is 0.0549. The van der Waals surface area contributed by atoms with Crippen LogP contribution in [0.15, 0.2) is 77.7 Å². The Morgan fingerprint density at radius 1 is 0.923 bits per heavy atom. The average molecular weight is 595 g/mol. The molecule has 11 heteroatoms. The van der Waals surface area contributed by atoms with Gasteiger partial charge in [0.05, 0.1) is 10.6 Å². The van der Waals surface area contributed by atoms with E-state index in [0.717, 1.165) is 28.6 Å². The first-order valence-corrected chi connectivity index (χ1v) is 14.3. The molecule has 0 aliphatic heterocycles. The predicted molar refractivity (Wildman–Crippen MR) is 152 cm³/mol. The summed E-state index contributed by atoms with van der Waals surface area (Å²) >= 11 is 12.8. The van der Waals surface area contributed by atoms with Gasteiger partial charge in [-0.15, -0.1) is 0 Å². The number of nitrogens with one attached hydrogen (secondary N) is 1. The number of para-hydroxylation sites is 1. The molecule has 1 N–H and O–H groups in total. The lowest BCUT2D eigenvalue weighted by Crippen LogP contribution is -2.54. The standard InChI is InChI=1S/C28H30Cl2FN3O4S/c1-19(27(36)32-28(2,3)4)33(17-23-24(29)11-8-12-25(23)30)26(35)18-34(21-9-6-5-7-10-21)39(37,38)22-15-13-20(31)14-16-22/h5-16,19H,17-18H2,1-4H3,(H,32,36)/t19-/m1/s1. The van der Waals surface area contributed by atoms with Crippen molar-refractivity contribution in [3.05, 3.63) is 94.2 Å². The Hall–Kier alpha value is -3.14. The van der Waals surface area contributed by atoms with E-state index in [0.29, 0.717) is 15.6 Å². The van der Waals surface area contributed by atoms with Crippen molar-refractivity contribution in [1.29, 1.82) is 0 Å². The number of anilines is 1. The van der Waals surface area contributed by atoms with Gasteiger partial charge in [0.15, 0.2) is 0 Å². The molecule has 3 aromatic carbocycles. The minimum atomic E-state index is -4.30. The number of sulfonamides is 1. The van der Waals surface area contributed by atoms with Crippen molar-refractivity contribution in [1.82, 2.24) is 10.2 Å². The molecule has 0 unspecified atom stereocenters. The first-order valence-electron chi connectivity index (χ1n) is 12.1. The number of rotatable bonds is 9. The largest absolute Gasteiger partial charge is 0.350 e. The van der Waals surface area contributed by atoms with Crippen LogP contribution in [-0.2, 0) is 26.2 Å². The highest BCUT2D eigenvalue weighted by Gasteiger charge is 2.34. The average Bonchev–Trinajstić information content (AvgIpc) is 2.86. The summed E-state index contributed by atoms with van der Waals surface area (Å²) in [6.07, 6.45) is 0. The van der Waals surface area contributed by atoms with Crippen molar-refractivity contribution in [2.75, 3.05) is 10.8 Å². The summed E-state index contributed by atoms with van der Waals surface area (Å²) < 4.78 is 41.8. The minimum Gasteiger partial charge on any atom is -0.350 e. The summed E-state index contributed by atoms with van der Waals surface area (Å²) in [4.78, 5) is 28.1. The highest BCUT2D eigenvalue weighted by atomic mass is 35.5. The van der Waals surface area contributed by atoms with Gasteiger partial charge in [0.25, 0.3) is 10.0 Å². The molecule has 0 aromatic heterocycles. The van der Waals surface area contributed by atoms with Gasteiger partial charge >= 0.3 is 0 Å². The van der Waals surface area contributed by atoms with Gasteiger partial charge in [-0.3, -0.25) is 13.9 Å². The van der Waals surface area contributed by atoms with Crippen molar-refractivity contribution in [2.45, 2.75) is 50.7 Å². The van der Waals surface area contributed by atoms with Gasteiger partial charge in [0.1, 0.15) is 18.4 Å². The van der Waals surface area contributed by atoms with Crippen molar-refractivity contribution in [2.24, 2.45) is 0 Å². The van der Waals surface area contributed by atoms with Crippen LogP contribution in [0, 0.1) is 5.82 Å². The number of amides is 2. The number of nitrogens with zero attached hydrogens (tertiary/aromatic N) is 2. The molecule has 39 heavy (non-hydrogen) atoms. The smallest absolute Gasteiger partial charge is 0.264 e. The second-order valence-electron chi connectivity index (χ2n) is 9.94. The molecule has 0 heterocycles. The molecule has 0 saturated carbocycles. The van der Waals surface area contributed by atoms with E-state index in [4.69, 9.17) is 23.2 Å². The normalized spacial score (nSPS) is 12.5. The van der Waals surface area contributed by atoms with Crippen LogP contribution in [0.5, 0.6) is 0 Å². The van der Waals surface area contributed by atoms with Gasteiger partial charge in [-0.1, -0.05) is 47.5 Å². The van der Waals surface area contributed by atoms with Crippen LogP contribution >= 0.6 is 23.2 Å². The number of halogens is 3. The van der Waals surface area contributed by atoms with Crippen LogP contribution in [0.4, 0.5) is 10.1 Å². The van der Waals surface area contributed by atoms with E-state index in [9.17, 15) is 22.4 Å². The summed E-state index contributed by atoms with van der Waals surface area (Å²) in [5.74, 6) is -1.71. The van der Waals surface area contributed by atoms with Gasteiger partial charge in [-0.25, -0.2) is 12.8 Å². The Kier molecular flexibility index (Phi) is 9.64. The topological polar surface area (TPSA) is 86.8 Å². The zero-order chi connectivity index (χ0) is 29.0. The van der Waals surface area contributed by atoms with E-state index in [1.54, 1.807) is 76.2 Å². The molecule has 0 spiro atoms. The van der Waals surface area contributed by atoms with E-state index < -0.39 is 45.8 Å². The van der Waals surface area contributed by atoms with Gasteiger partial charge in [0, 0.05) is 27.7 Å². The van der Waals surface area contributed by atoms with Crippen molar-refractivity contribution < 1.29 is 22.4 Å². The predicted octanol–water partition coefficient (Wildman–Crippen LogP) is 5.66. The fourth-order valence-corrected chi connectivity index (χ4v) is 5.70. The fourth-order valence-electron chi connectivity index (χ4n) is 3.77. The molecule has 208 valence electrons. The Morgan fingerprint density at radius 3 is 2.03 bits per heavy atom. The van der Waals surface area contributed by atoms with Crippen LogP contribution in [0.25, 0.3) is 0 Å². The molecule has 0 saturated heterocycles. The molecule has 0 aliphatic carbocycles. The van der Waals surface area contributed by atoms with Crippen LogP contribution in [-0.4, -0.2) is 43.3 Å². The maximum absolute atomic E-state index is 13.9. The lowest BCUT2D eigenvalue weighted by Gasteiger charge is -2.33. The first-order chi connectivity index (χ1) is 18.2. The molecule has 0 bridgehead atoms. The molecule has 2 amide bonds. The molecule has 7 nitrogen and oxygen atoms in total. The maximum Gasteiger partial charge on any atom is 0.264 e. The van der Waals surface area contributed by atoms with Gasteiger partial charge in [-0.2, -0.15) is 0 Å². The van der Waals surface area contributed by atoms with Crippen molar-refractivity contribution >= 4 is 50.7 Å². The van der Waals surface area contributed by atoms with E-state index in [-0.39, 0.29) is 17.1 Å². The van der Waals surface area contributed by atoms with Crippen LogP contribution in [0.2, 0.25) is 10.0 Å². The zero-order valence-corrected chi connectivity index (χ0v) is 24.3. The van der Waals surface area contributed by atoms with Crippen LogP contribution in [0.3, 0.4) is 0 Å². The molecular formula is C28H30Cl2FN3O4S. The lowest BCUT2D eigenvalue weighted by atomic mass is 10.1. The summed E-state index contributed by atoms with van der Waals surface area (Å²) in [6.45, 7) is 6.18. The lowest BCUT2D eigenvalue weighted by molar-refractivity contribution is -0.140. The Bertz CT molecular complexity index is 1410. The van der Waals surface area contributed by atoms with E-state index in [2.05, 4.69) is 5.32 Å². The third-order valence-corrected chi connectivity index (χ3v) is 8.28. The monoisotopic (exact) mass is 593 g/mol. The number of benzene rings is 3. The first kappa shape index (κ1) is 30.4. The molecule has 1 atom stereocenters. The summed E-state index contributed by atoms with van der Waals surface area (Å²) in [6, 6.07) is 16.3. The molecular weight excluding hydrogens is 564 g/mol. The molecule has 0 aliphatic rings.